The van der Waals surface area contributed by atoms with Crippen molar-refractivity contribution in [2.45, 2.75) is 45.4 Å². The Hall–Kier alpha value is -3.47. The van der Waals surface area contributed by atoms with Crippen molar-refractivity contribution in [3.8, 4) is 0 Å². The molecule has 1 aliphatic heterocycles. The molecule has 0 fully saturated rings. The Kier molecular flexibility index (Phi) is 5.51. The van der Waals surface area contributed by atoms with Crippen LogP contribution in [0.1, 0.15) is 54.4 Å². The second-order valence-electron chi connectivity index (χ2n) is 10.1. The number of ether oxygens (including phenoxy) is 1. The topological polar surface area (TPSA) is 59.5 Å². The Morgan fingerprint density at radius 1 is 1.15 bits per heavy atom. The Balaban J connectivity index is 1.41. The first-order chi connectivity index (χ1) is 16.3. The van der Waals surface area contributed by atoms with Crippen LogP contribution in [0.15, 0.2) is 60.3 Å². The first kappa shape index (κ1) is 22.3. The highest BCUT2D eigenvalue weighted by atomic mass is 16.5. The number of nitrogens with zero attached hydrogens (tertiary/aromatic N) is 2. The van der Waals surface area contributed by atoms with Crippen LogP contribution in [0, 0.1) is 5.92 Å². The number of para-hydroxylation sites is 2. The minimum absolute atomic E-state index is 0.225. The molecule has 1 unspecified atom stereocenters. The summed E-state index contributed by atoms with van der Waals surface area (Å²) in [6.07, 6.45) is 4.33. The van der Waals surface area contributed by atoms with Gasteiger partial charge >= 0.3 is 5.97 Å². The fourth-order valence-corrected chi connectivity index (χ4v) is 5.46. The quantitative estimate of drug-likeness (QED) is 0.390. The van der Waals surface area contributed by atoms with Crippen LogP contribution < -0.4 is 4.90 Å². The summed E-state index contributed by atoms with van der Waals surface area (Å²) < 4.78 is 5.61. The van der Waals surface area contributed by atoms with Gasteiger partial charge in [-0.1, -0.05) is 57.2 Å². The molecule has 1 aromatic heterocycles. The smallest absolute Gasteiger partial charge is 0.339 e. The molecule has 5 heteroatoms. The zero-order chi connectivity index (χ0) is 24.0. The summed E-state index contributed by atoms with van der Waals surface area (Å²) in [7, 11) is 1.97. The van der Waals surface area contributed by atoms with Crippen LogP contribution in [0.3, 0.4) is 0 Å². The first-order valence-electron chi connectivity index (χ1n) is 11.9. The second kappa shape index (κ2) is 8.39. The van der Waals surface area contributed by atoms with Gasteiger partial charge < -0.3 is 9.64 Å². The van der Waals surface area contributed by atoms with Crippen molar-refractivity contribution in [1.29, 1.82) is 0 Å². The molecule has 5 nitrogen and oxygen atoms in total. The second-order valence-corrected chi connectivity index (χ2v) is 10.1. The predicted octanol–water partition coefficient (Wildman–Crippen LogP) is 5.40. The molecule has 2 aliphatic rings. The van der Waals surface area contributed by atoms with E-state index in [-0.39, 0.29) is 17.8 Å². The maximum absolute atomic E-state index is 13.3. The first-order valence-corrected chi connectivity index (χ1v) is 11.9. The van der Waals surface area contributed by atoms with E-state index >= 15 is 0 Å². The Morgan fingerprint density at radius 3 is 2.68 bits per heavy atom. The summed E-state index contributed by atoms with van der Waals surface area (Å²) in [5.74, 6) is -0.190. The fraction of sp³-hybridized carbons (Fsp3) is 0.345. The van der Waals surface area contributed by atoms with Gasteiger partial charge in [-0.3, -0.25) is 9.78 Å². The number of esters is 1. The van der Waals surface area contributed by atoms with Crippen LogP contribution in [-0.4, -0.2) is 30.4 Å². The van der Waals surface area contributed by atoms with Crippen molar-refractivity contribution in [1.82, 2.24) is 4.98 Å². The lowest BCUT2D eigenvalue weighted by Crippen LogP contribution is -2.25. The molecule has 1 aliphatic carbocycles. The summed E-state index contributed by atoms with van der Waals surface area (Å²) >= 11 is 0. The molecule has 174 valence electrons. The normalized spacial score (nSPS) is 19.7. The van der Waals surface area contributed by atoms with E-state index in [0.29, 0.717) is 11.5 Å². The molecule has 0 saturated carbocycles. The number of pyridine rings is 1. The largest absolute Gasteiger partial charge is 0.454 e. The Morgan fingerprint density at radius 2 is 1.88 bits per heavy atom. The third kappa shape index (κ3) is 3.69. The minimum Gasteiger partial charge on any atom is -0.454 e. The van der Waals surface area contributed by atoms with Crippen molar-refractivity contribution >= 4 is 28.3 Å². The Bertz CT molecular complexity index is 1340. The number of rotatable bonds is 4. The molecule has 5 rings (SSSR count). The van der Waals surface area contributed by atoms with E-state index in [9.17, 15) is 9.59 Å². The third-order valence-corrected chi connectivity index (χ3v) is 7.29. The zero-order valence-electron chi connectivity index (χ0n) is 20.2. The number of allylic oxidation sites excluding steroid dienone is 1. The van der Waals surface area contributed by atoms with Crippen LogP contribution in [-0.2, 0) is 27.8 Å². The van der Waals surface area contributed by atoms with E-state index in [0.717, 1.165) is 52.8 Å². The van der Waals surface area contributed by atoms with Gasteiger partial charge in [-0.15, -0.1) is 0 Å². The van der Waals surface area contributed by atoms with Gasteiger partial charge in [0.25, 0.3) is 0 Å². The molecule has 0 saturated heterocycles. The summed E-state index contributed by atoms with van der Waals surface area (Å²) in [5.41, 5.74) is 6.17. The molecular formula is C29H30N2O3. The number of likely N-dealkylation sites (N-methyl/N-ethyl adjacent to an activating group) is 1. The fourth-order valence-electron chi connectivity index (χ4n) is 5.46. The molecule has 0 bridgehead atoms. The highest BCUT2D eigenvalue weighted by Crippen LogP contribution is 2.46. The van der Waals surface area contributed by atoms with Crippen molar-refractivity contribution in [2.24, 2.45) is 5.92 Å². The van der Waals surface area contributed by atoms with Crippen molar-refractivity contribution in [3.05, 3.63) is 82.7 Å². The summed E-state index contributed by atoms with van der Waals surface area (Å²) in [6.45, 7) is 6.12. The van der Waals surface area contributed by atoms with E-state index in [1.807, 2.05) is 48.3 Å². The molecule has 1 atom stereocenters. The van der Waals surface area contributed by atoms with Gasteiger partial charge in [0, 0.05) is 41.0 Å². The standard InChI is InChI=1S/C29H30N2O3/c1-18-13-14-24-21(15-18)27(20-9-5-7-11-23(20)30-24)28(33)34-17-19(32)16-26-29(2,3)22-10-6-8-12-25(22)31(26)4/h5-12,16,18H,13-15,17H2,1-4H3. The lowest BCUT2D eigenvalue weighted by Gasteiger charge is -2.24. The van der Waals surface area contributed by atoms with E-state index in [2.05, 4.69) is 32.9 Å². The predicted molar refractivity (Wildman–Crippen MR) is 134 cm³/mol. The SMILES string of the molecule is CC1CCc2nc3ccccc3c(C(=O)OCC(=O)C=C3N(C)c4ccccc4C3(C)C)c2C1. The van der Waals surface area contributed by atoms with Crippen LogP contribution in [0.5, 0.6) is 0 Å². The molecule has 3 aromatic rings. The summed E-state index contributed by atoms with van der Waals surface area (Å²) in [5, 5.41) is 0.790. The molecule has 34 heavy (non-hydrogen) atoms. The van der Waals surface area contributed by atoms with Crippen LogP contribution in [0.2, 0.25) is 0 Å². The molecule has 0 radical (unpaired) electrons. The number of anilines is 1. The number of aryl methyl sites for hydroxylation is 1. The van der Waals surface area contributed by atoms with Gasteiger partial charge in [-0.2, -0.15) is 0 Å². The van der Waals surface area contributed by atoms with Gasteiger partial charge in [0.05, 0.1) is 11.1 Å². The molecule has 0 amide bonds. The van der Waals surface area contributed by atoms with Crippen LogP contribution >= 0.6 is 0 Å². The summed E-state index contributed by atoms with van der Waals surface area (Å²) in [6, 6.07) is 15.8. The van der Waals surface area contributed by atoms with Crippen LogP contribution in [0.25, 0.3) is 10.9 Å². The highest BCUT2D eigenvalue weighted by Gasteiger charge is 2.38. The highest BCUT2D eigenvalue weighted by molar-refractivity contribution is 6.06. The maximum Gasteiger partial charge on any atom is 0.339 e. The number of hydrogen-bond acceptors (Lipinski definition) is 5. The molecule has 0 spiro atoms. The molecule has 2 aromatic carbocycles. The number of ketones is 1. The number of hydrogen-bond donors (Lipinski definition) is 0. The lowest BCUT2D eigenvalue weighted by molar-refractivity contribution is -0.117. The molecule has 2 heterocycles. The van der Waals surface area contributed by atoms with Gasteiger partial charge in [0.15, 0.2) is 12.4 Å². The zero-order valence-corrected chi connectivity index (χ0v) is 20.2. The van der Waals surface area contributed by atoms with Crippen molar-refractivity contribution in [3.63, 3.8) is 0 Å². The van der Waals surface area contributed by atoms with E-state index in [1.165, 1.54) is 5.56 Å². The number of carbonyl (C=O) groups is 2. The van der Waals surface area contributed by atoms with Gasteiger partial charge in [-0.05, 0) is 48.4 Å². The monoisotopic (exact) mass is 454 g/mol. The molecular weight excluding hydrogens is 424 g/mol. The maximum atomic E-state index is 13.3. The van der Waals surface area contributed by atoms with E-state index in [1.54, 1.807) is 6.08 Å². The van der Waals surface area contributed by atoms with Crippen LogP contribution in [0.4, 0.5) is 5.69 Å². The number of benzene rings is 2. The van der Waals surface area contributed by atoms with Crippen molar-refractivity contribution < 1.29 is 14.3 Å². The third-order valence-electron chi connectivity index (χ3n) is 7.29. The number of aromatic nitrogens is 1. The minimum atomic E-state index is -0.446. The summed E-state index contributed by atoms with van der Waals surface area (Å²) in [4.78, 5) is 33.1. The van der Waals surface area contributed by atoms with Crippen molar-refractivity contribution in [2.75, 3.05) is 18.6 Å². The van der Waals surface area contributed by atoms with Gasteiger partial charge in [0.2, 0.25) is 0 Å². The van der Waals surface area contributed by atoms with E-state index < -0.39 is 5.97 Å². The number of fused-ring (bicyclic) bond motifs is 3. The average molecular weight is 455 g/mol. The van der Waals surface area contributed by atoms with Gasteiger partial charge in [-0.25, -0.2) is 4.79 Å². The molecule has 0 N–H and O–H groups in total. The van der Waals surface area contributed by atoms with Gasteiger partial charge in [0.1, 0.15) is 0 Å². The van der Waals surface area contributed by atoms with E-state index in [4.69, 9.17) is 9.72 Å². The Labute approximate surface area is 200 Å². The number of carbonyl (C=O) groups excluding carboxylic acids is 2. The lowest BCUT2D eigenvalue weighted by atomic mass is 9.83. The average Bonchev–Trinajstić information content (AvgIpc) is 3.02.